The van der Waals surface area contributed by atoms with E-state index < -0.39 is 0 Å². The van der Waals surface area contributed by atoms with E-state index in [0.717, 1.165) is 26.3 Å². The lowest BCUT2D eigenvalue weighted by molar-refractivity contribution is 0.0282. The van der Waals surface area contributed by atoms with Crippen LogP contribution in [0.5, 0.6) is 0 Å². The first-order valence-corrected chi connectivity index (χ1v) is 3.45. The van der Waals surface area contributed by atoms with E-state index in [1.54, 1.807) is 0 Å². The Morgan fingerprint density at radius 2 is 2.00 bits per heavy atom. The van der Waals surface area contributed by atoms with Crippen LogP contribution in [-0.4, -0.2) is 37.2 Å². The monoisotopic (exact) mass is 128 g/mol. The van der Waals surface area contributed by atoms with Crippen LogP contribution < -0.4 is 0 Å². The summed E-state index contributed by atoms with van der Waals surface area (Å²) in [7, 11) is 0. The fourth-order valence-corrected chi connectivity index (χ4v) is 1.02. The number of ether oxygens (including phenoxy) is 1. The number of hydrogen-bond donors (Lipinski definition) is 0. The third kappa shape index (κ3) is 1.95. The van der Waals surface area contributed by atoms with Gasteiger partial charge in [-0.05, 0) is 13.8 Å². The van der Waals surface area contributed by atoms with Gasteiger partial charge in [-0.15, -0.1) is 0 Å². The van der Waals surface area contributed by atoms with Gasteiger partial charge in [-0.1, -0.05) is 0 Å². The molecule has 1 saturated heterocycles. The first-order chi connectivity index (χ1) is 4.30. The van der Waals surface area contributed by atoms with Crippen molar-refractivity contribution >= 4 is 0 Å². The number of nitrogens with zero attached hydrogens (tertiary/aromatic N) is 1. The molecule has 0 aliphatic carbocycles. The summed E-state index contributed by atoms with van der Waals surface area (Å²) in [6.07, 6.45) is 0. The summed E-state index contributed by atoms with van der Waals surface area (Å²) < 4.78 is 5.18. The van der Waals surface area contributed by atoms with E-state index in [1.165, 1.54) is 0 Å². The van der Waals surface area contributed by atoms with Gasteiger partial charge >= 0.3 is 0 Å². The largest absolute Gasteiger partial charge is 0.379 e. The molecular weight excluding hydrogens is 114 g/mol. The van der Waals surface area contributed by atoms with Crippen molar-refractivity contribution in [3.8, 4) is 0 Å². The van der Waals surface area contributed by atoms with Gasteiger partial charge in [0, 0.05) is 19.1 Å². The average Bonchev–Trinajstić information content (AvgIpc) is 1.90. The van der Waals surface area contributed by atoms with Crippen molar-refractivity contribution in [2.45, 2.75) is 13.0 Å². The molecule has 1 heterocycles. The number of rotatable bonds is 1. The molecule has 0 aromatic heterocycles. The second-order valence-corrected chi connectivity index (χ2v) is 2.50. The Bertz CT molecular complexity index is 77.0. The molecule has 0 aromatic carbocycles. The van der Waals surface area contributed by atoms with Crippen LogP contribution in [-0.2, 0) is 4.74 Å². The van der Waals surface area contributed by atoms with Gasteiger partial charge in [-0.2, -0.15) is 0 Å². The minimum absolute atomic E-state index is 0.439. The van der Waals surface area contributed by atoms with Gasteiger partial charge in [-0.3, -0.25) is 4.90 Å². The molecular formula is C7H14NO. The van der Waals surface area contributed by atoms with Crippen LogP contribution in [0.3, 0.4) is 0 Å². The molecule has 1 radical (unpaired) electrons. The summed E-state index contributed by atoms with van der Waals surface area (Å²) in [5, 5.41) is 0. The molecule has 53 valence electrons. The summed E-state index contributed by atoms with van der Waals surface area (Å²) in [5.41, 5.74) is 0. The zero-order chi connectivity index (χ0) is 6.69. The van der Waals surface area contributed by atoms with Crippen LogP contribution in [0.15, 0.2) is 0 Å². The summed E-state index contributed by atoms with van der Waals surface area (Å²) >= 11 is 0. The Balaban J connectivity index is 2.23. The fourth-order valence-electron chi connectivity index (χ4n) is 1.02. The smallest absolute Gasteiger partial charge is 0.0594 e. The van der Waals surface area contributed by atoms with Crippen molar-refractivity contribution in [2.24, 2.45) is 0 Å². The zero-order valence-corrected chi connectivity index (χ0v) is 5.97. The highest BCUT2D eigenvalue weighted by Gasteiger charge is 2.12. The van der Waals surface area contributed by atoms with Crippen molar-refractivity contribution < 1.29 is 4.74 Å². The second-order valence-electron chi connectivity index (χ2n) is 2.50. The SMILES string of the molecule is [CH2]C(C)N1CCOCC1. The highest BCUT2D eigenvalue weighted by Crippen LogP contribution is 2.00. The molecule has 0 N–H and O–H groups in total. The standard InChI is InChI=1S/C7H14NO/c1-7(2)8-3-5-9-6-4-8/h7H,1,3-6H2,2H3. The van der Waals surface area contributed by atoms with Crippen LogP contribution in [0.1, 0.15) is 6.92 Å². The summed E-state index contributed by atoms with van der Waals surface area (Å²) in [5.74, 6) is 0. The van der Waals surface area contributed by atoms with Crippen LogP contribution >= 0.6 is 0 Å². The quantitative estimate of drug-likeness (QED) is 0.511. The number of hydrogen-bond acceptors (Lipinski definition) is 2. The fraction of sp³-hybridized carbons (Fsp3) is 0.857. The van der Waals surface area contributed by atoms with Crippen molar-refractivity contribution in [1.82, 2.24) is 4.90 Å². The Labute approximate surface area is 56.8 Å². The molecule has 1 unspecified atom stereocenters. The lowest BCUT2D eigenvalue weighted by Gasteiger charge is -2.29. The lowest BCUT2D eigenvalue weighted by atomic mass is 10.3. The third-order valence-electron chi connectivity index (χ3n) is 1.67. The van der Waals surface area contributed by atoms with Gasteiger partial charge in [0.1, 0.15) is 0 Å². The minimum Gasteiger partial charge on any atom is -0.379 e. The molecule has 9 heavy (non-hydrogen) atoms. The molecule has 0 bridgehead atoms. The highest BCUT2D eigenvalue weighted by atomic mass is 16.5. The maximum absolute atomic E-state index is 5.18. The molecule has 2 heteroatoms. The topological polar surface area (TPSA) is 12.5 Å². The van der Waals surface area contributed by atoms with Crippen LogP contribution in [0.4, 0.5) is 0 Å². The Hall–Kier alpha value is -0.0800. The highest BCUT2D eigenvalue weighted by molar-refractivity contribution is 4.70. The first kappa shape index (κ1) is 7.03. The number of morpholine rings is 1. The first-order valence-electron chi connectivity index (χ1n) is 3.45. The Kier molecular flexibility index (Phi) is 2.49. The Morgan fingerprint density at radius 1 is 1.44 bits per heavy atom. The van der Waals surface area contributed by atoms with Crippen molar-refractivity contribution in [3.63, 3.8) is 0 Å². The summed E-state index contributed by atoms with van der Waals surface area (Å²) in [6, 6.07) is 0.439. The predicted octanol–water partition coefficient (Wildman–Crippen LogP) is 0.541. The lowest BCUT2D eigenvalue weighted by Crippen LogP contribution is -2.40. The summed E-state index contributed by atoms with van der Waals surface area (Å²) in [4.78, 5) is 2.32. The van der Waals surface area contributed by atoms with Gasteiger partial charge < -0.3 is 4.74 Å². The molecule has 1 aliphatic rings. The Morgan fingerprint density at radius 3 is 2.33 bits per heavy atom. The maximum Gasteiger partial charge on any atom is 0.0594 e. The van der Waals surface area contributed by atoms with Gasteiger partial charge in [0.25, 0.3) is 0 Å². The molecule has 0 aromatic rings. The van der Waals surface area contributed by atoms with Crippen LogP contribution in [0.25, 0.3) is 0 Å². The van der Waals surface area contributed by atoms with E-state index in [4.69, 9.17) is 4.74 Å². The third-order valence-corrected chi connectivity index (χ3v) is 1.67. The molecule has 1 fully saturated rings. The normalized spacial score (nSPS) is 23.0. The molecule has 0 spiro atoms. The molecule has 1 aliphatic heterocycles. The van der Waals surface area contributed by atoms with E-state index in [2.05, 4.69) is 18.7 Å². The van der Waals surface area contributed by atoms with E-state index in [9.17, 15) is 0 Å². The minimum atomic E-state index is 0.439. The predicted molar refractivity (Wildman–Crippen MR) is 37.2 cm³/mol. The van der Waals surface area contributed by atoms with E-state index in [0.29, 0.717) is 6.04 Å². The second kappa shape index (κ2) is 3.18. The van der Waals surface area contributed by atoms with Crippen molar-refractivity contribution in [3.05, 3.63) is 6.92 Å². The van der Waals surface area contributed by atoms with Crippen LogP contribution in [0.2, 0.25) is 0 Å². The van der Waals surface area contributed by atoms with Crippen molar-refractivity contribution in [1.29, 1.82) is 0 Å². The molecule has 0 saturated carbocycles. The van der Waals surface area contributed by atoms with Crippen molar-refractivity contribution in [2.75, 3.05) is 26.3 Å². The zero-order valence-electron chi connectivity index (χ0n) is 5.97. The van der Waals surface area contributed by atoms with E-state index in [-0.39, 0.29) is 0 Å². The van der Waals surface area contributed by atoms with Gasteiger partial charge in [0.05, 0.1) is 13.2 Å². The molecule has 1 rings (SSSR count). The van der Waals surface area contributed by atoms with Crippen LogP contribution in [0, 0.1) is 6.92 Å². The van der Waals surface area contributed by atoms with Gasteiger partial charge in [-0.25, -0.2) is 0 Å². The summed E-state index contributed by atoms with van der Waals surface area (Å²) in [6.45, 7) is 9.89. The van der Waals surface area contributed by atoms with Gasteiger partial charge in [0.2, 0.25) is 0 Å². The average molecular weight is 128 g/mol. The molecule has 2 nitrogen and oxygen atoms in total. The maximum atomic E-state index is 5.18. The van der Waals surface area contributed by atoms with E-state index >= 15 is 0 Å². The van der Waals surface area contributed by atoms with E-state index in [1.807, 2.05) is 0 Å². The van der Waals surface area contributed by atoms with Gasteiger partial charge in [0.15, 0.2) is 0 Å². The molecule has 0 amide bonds. The molecule has 1 atom stereocenters.